The van der Waals surface area contributed by atoms with Gasteiger partial charge in [0.25, 0.3) is 0 Å². The zero-order chi connectivity index (χ0) is 18.1. The Morgan fingerprint density at radius 3 is 2.58 bits per heavy atom. The van der Waals surface area contributed by atoms with Gasteiger partial charge in [-0.15, -0.1) is 0 Å². The summed E-state index contributed by atoms with van der Waals surface area (Å²) in [4.78, 5) is 22.9. The summed E-state index contributed by atoms with van der Waals surface area (Å²) in [5.41, 5.74) is 0.728. The number of rotatable bonds is 6. The van der Waals surface area contributed by atoms with Crippen molar-refractivity contribution in [1.82, 2.24) is 24.9 Å². The average Bonchev–Trinajstić information content (AvgIpc) is 3.13. The van der Waals surface area contributed by atoms with E-state index in [1.165, 1.54) is 10.9 Å². The minimum absolute atomic E-state index is 0.149. The van der Waals surface area contributed by atoms with Gasteiger partial charge in [-0.2, -0.15) is 10.2 Å². The summed E-state index contributed by atoms with van der Waals surface area (Å²) in [6.07, 6.45) is 4.13. The van der Waals surface area contributed by atoms with Crippen LogP contribution >= 0.6 is 0 Å². The topological polar surface area (TPSA) is 108 Å². The Kier molecular flexibility index (Phi) is 4.72. The predicted octanol–water partition coefficient (Wildman–Crippen LogP) is 1.93. The molecule has 1 amide bonds. The number of amides is 1. The van der Waals surface area contributed by atoms with Crippen molar-refractivity contribution in [3.8, 4) is 0 Å². The molecule has 0 aliphatic rings. The summed E-state index contributed by atoms with van der Waals surface area (Å²) in [7, 11) is 0. The third-order valence-corrected chi connectivity index (χ3v) is 4.16. The molecule has 1 N–H and O–H groups in total. The molecular weight excluding hydrogens is 312 g/mol. The van der Waals surface area contributed by atoms with E-state index in [-0.39, 0.29) is 17.6 Å². The van der Waals surface area contributed by atoms with E-state index < -0.39 is 10.5 Å². The second kappa shape index (κ2) is 6.42. The lowest BCUT2D eigenvalue weighted by atomic mass is 10.0. The van der Waals surface area contributed by atoms with E-state index in [0.29, 0.717) is 0 Å². The van der Waals surface area contributed by atoms with Crippen molar-refractivity contribution in [3.63, 3.8) is 0 Å². The third-order valence-electron chi connectivity index (χ3n) is 4.16. The van der Waals surface area contributed by atoms with E-state index in [0.717, 1.165) is 24.0 Å². The molecule has 0 bridgehead atoms. The van der Waals surface area contributed by atoms with Crippen molar-refractivity contribution in [2.45, 2.75) is 52.7 Å². The third kappa shape index (κ3) is 3.15. The Hall–Kier alpha value is -2.71. The van der Waals surface area contributed by atoms with E-state index in [1.807, 2.05) is 25.5 Å². The minimum Gasteiger partial charge on any atom is -0.347 e. The fourth-order valence-corrected chi connectivity index (χ4v) is 2.47. The van der Waals surface area contributed by atoms with E-state index in [4.69, 9.17) is 0 Å². The van der Waals surface area contributed by atoms with Crippen molar-refractivity contribution in [2.24, 2.45) is 0 Å². The Labute approximate surface area is 139 Å². The van der Waals surface area contributed by atoms with Gasteiger partial charge >= 0.3 is 5.69 Å². The first-order valence-corrected chi connectivity index (χ1v) is 7.71. The monoisotopic (exact) mass is 334 g/mol. The summed E-state index contributed by atoms with van der Waals surface area (Å²) in [5, 5.41) is 21.9. The van der Waals surface area contributed by atoms with Crippen LogP contribution in [-0.2, 0) is 16.9 Å². The number of hydrogen-bond acceptors (Lipinski definition) is 5. The van der Waals surface area contributed by atoms with Gasteiger partial charge in [0.1, 0.15) is 17.9 Å². The van der Waals surface area contributed by atoms with Gasteiger partial charge in [0, 0.05) is 17.8 Å². The molecule has 0 fully saturated rings. The molecule has 2 rings (SSSR count). The number of nitrogens with one attached hydrogen (secondary N) is 1. The van der Waals surface area contributed by atoms with E-state index in [2.05, 4.69) is 15.5 Å². The smallest absolute Gasteiger partial charge is 0.307 e. The fourth-order valence-electron chi connectivity index (χ4n) is 2.47. The van der Waals surface area contributed by atoms with Gasteiger partial charge in [-0.1, -0.05) is 0 Å². The molecule has 0 saturated carbocycles. The Bertz CT molecular complexity index is 761. The van der Waals surface area contributed by atoms with Gasteiger partial charge in [-0.05, 0) is 34.6 Å². The number of nitro groups is 1. The highest BCUT2D eigenvalue weighted by molar-refractivity contribution is 5.83. The zero-order valence-corrected chi connectivity index (χ0v) is 14.5. The normalized spacial score (nSPS) is 12.9. The summed E-state index contributed by atoms with van der Waals surface area (Å²) >= 11 is 0. The highest BCUT2D eigenvalue weighted by atomic mass is 16.6. The molecule has 24 heavy (non-hydrogen) atoms. The Balaban J connectivity index is 2.17. The van der Waals surface area contributed by atoms with Crippen LogP contribution < -0.4 is 5.32 Å². The molecule has 0 spiro atoms. The summed E-state index contributed by atoms with van der Waals surface area (Å²) in [6, 6.07) is -0.234. The molecule has 2 aromatic heterocycles. The van der Waals surface area contributed by atoms with Crippen molar-refractivity contribution in [3.05, 3.63) is 40.0 Å². The Morgan fingerprint density at radius 2 is 2.08 bits per heavy atom. The lowest BCUT2D eigenvalue weighted by Gasteiger charge is -2.26. The van der Waals surface area contributed by atoms with Gasteiger partial charge in [-0.3, -0.25) is 24.3 Å². The van der Waals surface area contributed by atoms with Gasteiger partial charge in [0.2, 0.25) is 5.91 Å². The number of aromatic nitrogens is 4. The summed E-state index contributed by atoms with van der Waals surface area (Å²) < 4.78 is 3.16. The van der Waals surface area contributed by atoms with E-state index in [9.17, 15) is 14.9 Å². The van der Waals surface area contributed by atoms with Crippen LogP contribution in [0.4, 0.5) is 5.69 Å². The van der Waals surface area contributed by atoms with Crippen molar-refractivity contribution in [1.29, 1.82) is 0 Å². The first kappa shape index (κ1) is 17.6. The van der Waals surface area contributed by atoms with Gasteiger partial charge < -0.3 is 5.32 Å². The summed E-state index contributed by atoms with van der Waals surface area (Å²) in [6.45, 7) is 9.91. The molecule has 2 aromatic rings. The second-order valence-electron chi connectivity index (χ2n) is 6.16. The molecule has 0 saturated heterocycles. The van der Waals surface area contributed by atoms with Crippen LogP contribution in [0.1, 0.15) is 45.0 Å². The van der Waals surface area contributed by atoms with Gasteiger partial charge in [0.05, 0.1) is 17.2 Å². The highest BCUT2D eigenvalue weighted by Crippen LogP contribution is 2.22. The molecule has 1 unspecified atom stereocenters. The van der Waals surface area contributed by atoms with Crippen molar-refractivity contribution < 1.29 is 9.72 Å². The maximum absolute atomic E-state index is 12.6. The fraction of sp³-hybridized carbons (Fsp3) is 0.533. The molecule has 9 heteroatoms. The predicted molar refractivity (Wildman–Crippen MR) is 87.4 cm³/mol. The molecule has 0 aliphatic carbocycles. The number of carbonyl (C=O) groups excluding carboxylic acids is 1. The molecular formula is C15H22N6O3. The van der Waals surface area contributed by atoms with Crippen LogP contribution in [0.3, 0.4) is 0 Å². The standard InChI is InChI=1S/C15H22N6O3/c1-6-19-11(3)13(8-16-19)10(2)18-14(22)15(4,5)20-9-12(7-17-20)21(23)24/h7-10H,6H2,1-5H3,(H,18,22). The number of nitrogens with zero attached hydrogens (tertiary/aromatic N) is 5. The Morgan fingerprint density at radius 1 is 1.42 bits per heavy atom. The molecule has 0 aromatic carbocycles. The van der Waals surface area contributed by atoms with Crippen molar-refractivity contribution >= 4 is 11.6 Å². The van der Waals surface area contributed by atoms with Crippen LogP contribution in [0.25, 0.3) is 0 Å². The van der Waals surface area contributed by atoms with Crippen LogP contribution in [0.15, 0.2) is 18.6 Å². The largest absolute Gasteiger partial charge is 0.347 e. The van der Waals surface area contributed by atoms with E-state index in [1.54, 1.807) is 20.0 Å². The van der Waals surface area contributed by atoms with Crippen LogP contribution in [0, 0.1) is 17.0 Å². The molecule has 0 radical (unpaired) electrons. The minimum atomic E-state index is -1.06. The average molecular weight is 334 g/mol. The SMILES string of the molecule is CCn1ncc(C(C)NC(=O)C(C)(C)n2cc([N+](=O)[O-])cn2)c1C. The molecule has 130 valence electrons. The highest BCUT2D eigenvalue weighted by Gasteiger charge is 2.33. The number of carbonyl (C=O) groups is 1. The summed E-state index contributed by atoms with van der Waals surface area (Å²) in [5.74, 6) is -0.281. The molecule has 9 nitrogen and oxygen atoms in total. The lowest BCUT2D eigenvalue weighted by molar-refractivity contribution is -0.385. The molecule has 0 aliphatic heterocycles. The van der Waals surface area contributed by atoms with Gasteiger partial charge in [0.15, 0.2) is 0 Å². The first-order valence-electron chi connectivity index (χ1n) is 7.71. The van der Waals surface area contributed by atoms with Crippen molar-refractivity contribution in [2.75, 3.05) is 0 Å². The maximum Gasteiger partial charge on any atom is 0.307 e. The number of hydrogen-bond donors (Lipinski definition) is 1. The first-order chi connectivity index (χ1) is 11.2. The zero-order valence-electron chi connectivity index (χ0n) is 14.5. The van der Waals surface area contributed by atoms with E-state index >= 15 is 0 Å². The molecule has 1 atom stereocenters. The quantitative estimate of drug-likeness (QED) is 0.641. The number of aryl methyl sites for hydroxylation is 1. The molecule has 2 heterocycles. The van der Waals surface area contributed by atoms with Crippen LogP contribution in [-0.4, -0.2) is 30.4 Å². The van der Waals surface area contributed by atoms with Crippen LogP contribution in [0.2, 0.25) is 0 Å². The van der Waals surface area contributed by atoms with Gasteiger partial charge in [-0.25, -0.2) is 0 Å². The maximum atomic E-state index is 12.6. The second-order valence-corrected chi connectivity index (χ2v) is 6.16. The van der Waals surface area contributed by atoms with Crippen LogP contribution in [0.5, 0.6) is 0 Å². The lowest BCUT2D eigenvalue weighted by Crippen LogP contribution is -2.45.